The molecule has 0 aliphatic rings. The Hall–Kier alpha value is -1.54. The van der Waals surface area contributed by atoms with E-state index in [9.17, 15) is 22.0 Å². The Balaban J connectivity index is 3.38. The molecule has 0 heterocycles. The van der Waals surface area contributed by atoms with Crippen LogP contribution in [0.4, 0.5) is 8.78 Å². The lowest BCUT2D eigenvalue weighted by atomic mass is 10.1. The quantitative estimate of drug-likeness (QED) is 0.902. The van der Waals surface area contributed by atoms with E-state index in [0.717, 1.165) is 0 Å². The van der Waals surface area contributed by atoms with Gasteiger partial charge in [-0.05, 0) is 18.6 Å². The minimum atomic E-state index is -4.44. The summed E-state index contributed by atoms with van der Waals surface area (Å²) in [6.07, 6.45) is 0.626. The van der Waals surface area contributed by atoms with Gasteiger partial charge in [-0.3, -0.25) is 4.79 Å². The lowest BCUT2D eigenvalue weighted by molar-refractivity contribution is 0.0789. The predicted molar refractivity (Wildman–Crippen MR) is 65.0 cm³/mol. The molecule has 0 bridgehead atoms. The number of carbonyl (C=O) groups is 1. The molecular formula is C11H14F2N2O3S. The van der Waals surface area contributed by atoms with Crippen LogP contribution < -0.4 is 5.14 Å². The Morgan fingerprint density at radius 2 is 1.95 bits per heavy atom. The van der Waals surface area contributed by atoms with Crippen LogP contribution in [0.25, 0.3) is 0 Å². The molecule has 1 rings (SSSR count). The maximum absolute atomic E-state index is 13.9. The zero-order valence-electron chi connectivity index (χ0n) is 10.5. The summed E-state index contributed by atoms with van der Waals surface area (Å²) in [4.78, 5) is 12.0. The van der Waals surface area contributed by atoms with Gasteiger partial charge in [0, 0.05) is 13.6 Å². The van der Waals surface area contributed by atoms with Crippen molar-refractivity contribution in [3.05, 3.63) is 29.3 Å². The maximum atomic E-state index is 13.9. The monoisotopic (exact) mass is 292 g/mol. The van der Waals surface area contributed by atoms with Crippen LogP contribution in [0.1, 0.15) is 23.7 Å². The molecule has 0 saturated heterocycles. The largest absolute Gasteiger partial charge is 0.342 e. The maximum Gasteiger partial charge on any atom is 0.256 e. The van der Waals surface area contributed by atoms with Crippen molar-refractivity contribution in [3.63, 3.8) is 0 Å². The minimum absolute atomic E-state index is 0.333. The number of nitrogens with two attached hydrogens (primary N) is 1. The first kappa shape index (κ1) is 15.5. The standard InChI is InChI=1S/C11H14F2N2O3S/c1-3-4-15(2)11(16)8-5-7(12)6-9(10(8)13)19(14,17)18/h5-6H,3-4H2,1-2H3,(H2,14,17,18). The molecule has 0 fully saturated rings. The highest BCUT2D eigenvalue weighted by atomic mass is 32.2. The fourth-order valence-electron chi connectivity index (χ4n) is 1.57. The lowest BCUT2D eigenvalue weighted by Crippen LogP contribution is -2.29. The van der Waals surface area contributed by atoms with E-state index >= 15 is 0 Å². The molecule has 0 saturated carbocycles. The number of hydrogen-bond acceptors (Lipinski definition) is 3. The van der Waals surface area contributed by atoms with E-state index in [1.165, 1.54) is 11.9 Å². The molecule has 0 aliphatic heterocycles. The highest BCUT2D eigenvalue weighted by Gasteiger charge is 2.24. The van der Waals surface area contributed by atoms with Crippen LogP contribution >= 0.6 is 0 Å². The van der Waals surface area contributed by atoms with Gasteiger partial charge in [0.25, 0.3) is 5.91 Å². The summed E-state index contributed by atoms with van der Waals surface area (Å²) < 4.78 is 49.5. The number of carbonyl (C=O) groups excluding carboxylic acids is 1. The van der Waals surface area contributed by atoms with Gasteiger partial charge in [0.15, 0.2) is 5.82 Å². The number of sulfonamides is 1. The molecule has 0 radical (unpaired) electrons. The van der Waals surface area contributed by atoms with Crippen molar-refractivity contribution in [1.82, 2.24) is 4.90 Å². The van der Waals surface area contributed by atoms with Gasteiger partial charge in [-0.25, -0.2) is 22.3 Å². The zero-order chi connectivity index (χ0) is 14.8. The lowest BCUT2D eigenvalue weighted by Gasteiger charge is -2.17. The first-order chi connectivity index (χ1) is 8.68. The van der Waals surface area contributed by atoms with E-state index in [1.807, 2.05) is 6.92 Å². The number of amides is 1. The number of nitrogens with zero attached hydrogens (tertiary/aromatic N) is 1. The fourth-order valence-corrected chi connectivity index (χ4v) is 2.21. The van der Waals surface area contributed by atoms with Crippen molar-refractivity contribution in [1.29, 1.82) is 0 Å². The van der Waals surface area contributed by atoms with Crippen molar-refractivity contribution < 1.29 is 22.0 Å². The third-order valence-electron chi connectivity index (χ3n) is 2.45. The van der Waals surface area contributed by atoms with Gasteiger partial charge in [-0.1, -0.05) is 6.92 Å². The highest BCUT2D eigenvalue weighted by molar-refractivity contribution is 7.89. The average Bonchev–Trinajstić information content (AvgIpc) is 2.29. The van der Waals surface area contributed by atoms with Crippen molar-refractivity contribution in [3.8, 4) is 0 Å². The highest BCUT2D eigenvalue weighted by Crippen LogP contribution is 2.20. The van der Waals surface area contributed by atoms with Crippen molar-refractivity contribution in [2.75, 3.05) is 13.6 Å². The molecule has 0 spiro atoms. The molecule has 19 heavy (non-hydrogen) atoms. The normalized spacial score (nSPS) is 11.4. The van der Waals surface area contributed by atoms with E-state index in [-0.39, 0.29) is 0 Å². The zero-order valence-corrected chi connectivity index (χ0v) is 11.3. The van der Waals surface area contributed by atoms with E-state index in [0.29, 0.717) is 25.1 Å². The third kappa shape index (κ3) is 3.48. The van der Waals surface area contributed by atoms with Crippen LogP contribution in [0, 0.1) is 11.6 Å². The van der Waals surface area contributed by atoms with Crippen molar-refractivity contribution in [2.24, 2.45) is 5.14 Å². The molecule has 1 aromatic carbocycles. The van der Waals surface area contributed by atoms with E-state index in [1.54, 1.807) is 0 Å². The van der Waals surface area contributed by atoms with Crippen LogP contribution in [0.15, 0.2) is 17.0 Å². The molecule has 2 N–H and O–H groups in total. The van der Waals surface area contributed by atoms with Gasteiger partial charge in [-0.15, -0.1) is 0 Å². The number of primary sulfonamides is 1. The van der Waals surface area contributed by atoms with E-state index < -0.39 is 38.0 Å². The van der Waals surface area contributed by atoms with Gasteiger partial charge in [0.05, 0.1) is 5.56 Å². The molecular weight excluding hydrogens is 278 g/mol. The Morgan fingerprint density at radius 3 is 2.42 bits per heavy atom. The second kappa shape index (κ2) is 5.62. The minimum Gasteiger partial charge on any atom is -0.342 e. The van der Waals surface area contributed by atoms with Crippen LogP contribution in [0.5, 0.6) is 0 Å². The van der Waals surface area contributed by atoms with Crippen LogP contribution in [-0.2, 0) is 10.0 Å². The molecule has 106 valence electrons. The molecule has 0 aromatic heterocycles. The molecule has 5 nitrogen and oxygen atoms in total. The Morgan fingerprint density at radius 1 is 1.37 bits per heavy atom. The smallest absolute Gasteiger partial charge is 0.256 e. The van der Waals surface area contributed by atoms with Gasteiger partial charge in [-0.2, -0.15) is 0 Å². The summed E-state index contributed by atoms with van der Waals surface area (Å²) in [7, 11) is -3.03. The number of halogens is 2. The van der Waals surface area contributed by atoms with Gasteiger partial charge < -0.3 is 4.90 Å². The SMILES string of the molecule is CCCN(C)C(=O)c1cc(F)cc(S(N)(=O)=O)c1F. The number of hydrogen-bond donors (Lipinski definition) is 1. The summed E-state index contributed by atoms with van der Waals surface area (Å²) in [5.74, 6) is -3.18. The summed E-state index contributed by atoms with van der Waals surface area (Å²) >= 11 is 0. The second-order valence-electron chi connectivity index (χ2n) is 4.04. The average molecular weight is 292 g/mol. The summed E-state index contributed by atoms with van der Waals surface area (Å²) in [6.45, 7) is 2.14. The third-order valence-corrected chi connectivity index (χ3v) is 3.36. The Kier molecular flexibility index (Phi) is 4.59. The Bertz CT molecular complexity index is 602. The van der Waals surface area contributed by atoms with Crippen molar-refractivity contribution in [2.45, 2.75) is 18.2 Å². The first-order valence-corrected chi connectivity index (χ1v) is 7.00. The first-order valence-electron chi connectivity index (χ1n) is 5.45. The van der Waals surface area contributed by atoms with Crippen LogP contribution in [0.2, 0.25) is 0 Å². The molecule has 0 atom stereocenters. The second-order valence-corrected chi connectivity index (χ2v) is 5.57. The predicted octanol–water partition coefficient (Wildman–Crippen LogP) is 1.09. The van der Waals surface area contributed by atoms with E-state index in [4.69, 9.17) is 5.14 Å². The topological polar surface area (TPSA) is 80.5 Å². The summed E-state index contributed by atoms with van der Waals surface area (Å²) in [5, 5.41) is 4.77. The number of benzene rings is 1. The molecule has 8 heteroatoms. The summed E-state index contributed by atoms with van der Waals surface area (Å²) in [5.41, 5.74) is -0.653. The number of rotatable bonds is 4. The van der Waals surface area contributed by atoms with Crippen molar-refractivity contribution >= 4 is 15.9 Å². The molecule has 1 aromatic rings. The molecule has 1 amide bonds. The van der Waals surface area contributed by atoms with Crippen LogP contribution in [-0.4, -0.2) is 32.8 Å². The van der Waals surface area contributed by atoms with Crippen LogP contribution in [0.3, 0.4) is 0 Å². The van der Waals surface area contributed by atoms with E-state index in [2.05, 4.69) is 0 Å². The molecule has 0 unspecified atom stereocenters. The molecule has 0 aliphatic carbocycles. The fraction of sp³-hybridized carbons (Fsp3) is 0.364. The Labute approximate surface area is 110 Å². The van der Waals surface area contributed by atoms with Gasteiger partial charge in [0.1, 0.15) is 10.7 Å². The van der Waals surface area contributed by atoms with Gasteiger partial charge in [0.2, 0.25) is 10.0 Å². The summed E-state index contributed by atoms with van der Waals surface area (Å²) in [6, 6.07) is 1.10. The van der Waals surface area contributed by atoms with Gasteiger partial charge >= 0.3 is 0 Å².